The van der Waals surface area contributed by atoms with Crippen molar-refractivity contribution in [2.45, 2.75) is 26.8 Å². The molecule has 26 heavy (non-hydrogen) atoms. The normalized spacial score (nSPS) is 10.7. The van der Waals surface area contributed by atoms with Gasteiger partial charge in [-0.15, -0.1) is 0 Å². The number of hydrogen-bond donors (Lipinski definition) is 1. The summed E-state index contributed by atoms with van der Waals surface area (Å²) in [6, 6.07) is 13.8. The van der Waals surface area contributed by atoms with E-state index >= 15 is 0 Å². The Balaban J connectivity index is 1.90. The molecule has 3 rings (SSSR count). The summed E-state index contributed by atoms with van der Waals surface area (Å²) < 4.78 is 1.40. The first kappa shape index (κ1) is 17.5. The fraction of sp³-hybridized carbons (Fsp3) is 0.200. The molecule has 0 bridgehead atoms. The molecule has 0 aliphatic rings. The molecule has 0 fully saturated rings. The van der Waals surface area contributed by atoms with Gasteiger partial charge < -0.3 is 5.32 Å². The lowest BCUT2D eigenvalue weighted by Gasteiger charge is -2.13. The van der Waals surface area contributed by atoms with E-state index in [0.717, 1.165) is 0 Å². The van der Waals surface area contributed by atoms with Crippen LogP contribution in [0.5, 0.6) is 0 Å². The third-order valence-electron chi connectivity index (χ3n) is 4.11. The van der Waals surface area contributed by atoms with Gasteiger partial charge in [-0.1, -0.05) is 31.2 Å². The molecule has 132 valence electrons. The molecule has 6 nitrogen and oxygen atoms in total. The lowest BCUT2D eigenvalue weighted by Crippen LogP contribution is -2.31. The number of rotatable bonds is 5. The number of benzene rings is 2. The minimum Gasteiger partial charge on any atom is -0.325 e. The summed E-state index contributed by atoms with van der Waals surface area (Å²) in [6.07, 6.45) is 0.535. The average molecular weight is 349 g/mol. The number of anilines is 1. The number of para-hydroxylation sites is 1. The Kier molecular flexibility index (Phi) is 4.93. The smallest absolute Gasteiger partial charge is 0.261 e. The Bertz CT molecular complexity index is 1050. The zero-order valence-electron chi connectivity index (χ0n) is 14.7. The topological polar surface area (TPSA) is 81.1 Å². The largest absolute Gasteiger partial charge is 0.325 e. The molecule has 3 aromatic rings. The van der Waals surface area contributed by atoms with Crippen LogP contribution in [0.25, 0.3) is 10.9 Å². The Hall–Kier alpha value is -3.28. The van der Waals surface area contributed by atoms with Gasteiger partial charge in [-0.05, 0) is 31.2 Å². The van der Waals surface area contributed by atoms with Crippen molar-refractivity contribution < 1.29 is 9.59 Å². The summed E-state index contributed by atoms with van der Waals surface area (Å²) in [7, 11) is 0. The minimum atomic E-state index is -0.348. The number of ketones is 1. The van der Waals surface area contributed by atoms with Crippen LogP contribution in [0.1, 0.15) is 30.0 Å². The van der Waals surface area contributed by atoms with Gasteiger partial charge in [0.15, 0.2) is 5.78 Å². The highest BCUT2D eigenvalue weighted by Crippen LogP contribution is 2.12. The number of carbonyl (C=O) groups is 2. The maximum Gasteiger partial charge on any atom is 0.261 e. The van der Waals surface area contributed by atoms with Crippen LogP contribution in [0.15, 0.2) is 53.3 Å². The maximum absolute atomic E-state index is 12.7. The van der Waals surface area contributed by atoms with Crippen molar-refractivity contribution in [1.82, 2.24) is 9.55 Å². The summed E-state index contributed by atoms with van der Waals surface area (Å²) in [5.41, 5.74) is 1.42. The molecule has 0 saturated carbocycles. The van der Waals surface area contributed by atoms with Crippen LogP contribution in [-0.4, -0.2) is 21.2 Å². The van der Waals surface area contributed by atoms with Gasteiger partial charge in [-0.2, -0.15) is 0 Å². The van der Waals surface area contributed by atoms with E-state index < -0.39 is 0 Å². The molecule has 0 atom stereocenters. The van der Waals surface area contributed by atoms with Crippen molar-refractivity contribution in [2.24, 2.45) is 0 Å². The summed E-state index contributed by atoms with van der Waals surface area (Å²) in [4.78, 5) is 41.1. The Labute approximate surface area is 150 Å². The molecular weight excluding hydrogens is 330 g/mol. The lowest BCUT2D eigenvalue weighted by molar-refractivity contribution is -0.116. The van der Waals surface area contributed by atoms with E-state index in [1.807, 2.05) is 13.0 Å². The summed E-state index contributed by atoms with van der Waals surface area (Å²) in [5.74, 6) is 0.130. The highest BCUT2D eigenvalue weighted by atomic mass is 16.2. The van der Waals surface area contributed by atoms with Crippen molar-refractivity contribution in [3.8, 4) is 0 Å². The summed E-state index contributed by atoms with van der Waals surface area (Å²) in [6.45, 7) is 3.22. The highest BCUT2D eigenvalue weighted by Gasteiger charge is 2.13. The first-order chi connectivity index (χ1) is 12.5. The molecule has 6 heteroatoms. The minimum absolute atomic E-state index is 0.0793. The monoisotopic (exact) mass is 349 g/mol. The molecule has 0 saturated heterocycles. The SMILES string of the molecule is CCc1nc2ccccc2c(=O)n1CC(=O)Nc1cccc(C(C)=O)c1. The molecule has 0 aliphatic heterocycles. The highest BCUT2D eigenvalue weighted by molar-refractivity contribution is 5.97. The molecule has 0 aliphatic carbocycles. The van der Waals surface area contributed by atoms with E-state index in [-0.39, 0.29) is 23.8 Å². The fourth-order valence-corrected chi connectivity index (χ4v) is 2.81. The second-order valence-electron chi connectivity index (χ2n) is 5.98. The summed E-state index contributed by atoms with van der Waals surface area (Å²) >= 11 is 0. The van der Waals surface area contributed by atoms with E-state index in [9.17, 15) is 14.4 Å². The standard InChI is InChI=1S/C20H19N3O3/c1-3-18-22-17-10-5-4-9-16(17)20(26)23(18)12-19(25)21-15-8-6-7-14(11-15)13(2)24/h4-11H,3,12H2,1-2H3,(H,21,25). The number of hydrogen-bond acceptors (Lipinski definition) is 4. The van der Waals surface area contributed by atoms with Gasteiger partial charge in [-0.3, -0.25) is 19.0 Å². The van der Waals surface area contributed by atoms with Crippen LogP contribution in [0.2, 0.25) is 0 Å². The van der Waals surface area contributed by atoms with E-state index in [1.54, 1.807) is 42.5 Å². The molecule has 1 aromatic heterocycles. The zero-order valence-corrected chi connectivity index (χ0v) is 14.7. The summed E-state index contributed by atoms with van der Waals surface area (Å²) in [5, 5.41) is 3.22. The van der Waals surface area contributed by atoms with E-state index in [1.165, 1.54) is 11.5 Å². The number of carbonyl (C=O) groups excluding carboxylic acids is 2. The molecule has 0 spiro atoms. The van der Waals surface area contributed by atoms with Gasteiger partial charge in [0.1, 0.15) is 12.4 Å². The molecular formula is C20H19N3O3. The van der Waals surface area contributed by atoms with Gasteiger partial charge >= 0.3 is 0 Å². The van der Waals surface area contributed by atoms with Crippen molar-refractivity contribution in [3.63, 3.8) is 0 Å². The van der Waals surface area contributed by atoms with E-state index in [2.05, 4.69) is 10.3 Å². The molecule has 1 amide bonds. The Morgan fingerprint density at radius 3 is 2.62 bits per heavy atom. The van der Waals surface area contributed by atoms with Crippen LogP contribution in [-0.2, 0) is 17.8 Å². The van der Waals surface area contributed by atoms with Crippen molar-refractivity contribution in [2.75, 3.05) is 5.32 Å². The predicted octanol–water partition coefficient (Wildman–Crippen LogP) is 2.80. The third-order valence-corrected chi connectivity index (χ3v) is 4.11. The molecule has 2 aromatic carbocycles. The van der Waals surface area contributed by atoms with Crippen LogP contribution in [0.3, 0.4) is 0 Å². The first-order valence-corrected chi connectivity index (χ1v) is 8.39. The van der Waals surface area contributed by atoms with Gasteiger partial charge in [0.2, 0.25) is 5.91 Å². The second-order valence-corrected chi connectivity index (χ2v) is 5.98. The first-order valence-electron chi connectivity index (χ1n) is 8.39. The molecule has 1 heterocycles. The molecule has 0 radical (unpaired) electrons. The fourth-order valence-electron chi connectivity index (χ4n) is 2.81. The average Bonchev–Trinajstić information content (AvgIpc) is 2.64. The van der Waals surface area contributed by atoms with Crippen molar-refractivity contribution in [3.05, 3.63) is 70.3 Å². The van der Waals surface area contributed by atoms with Crippen LogP contribution in [0.4, 0.5) is 5.69 Å². The quantitative estimate of drug-likeness (QED) is 0.718. The number of aromatic nitrogens is 2. The van der Waals surface area contributed by atoms with Gasteiger partial charge in [-0.25, -0.2) is 4.98 Å². The van der Waals surface area contributed by atoms with Crippen molar-refractivity contribution >= 4 is 28.3 Å². The number of aryl methyl sites for hydroxylation is 1. The number of nitrogens with zero attached hydrogens (tertiary/aromatic N) is 2. The molecule has 1 N–H and O–H groups in total. The predicted molar refractivity (Wildman–Crippen MR) is 100 cm³/mol. The number of Topliss-reactive ketones (excluding diaryl/α,β-unsaturated/α-hetero) is 1. The van der Waals surface area contributed by atoms with Gasteiger partial charge in [0.25, 0.3) is 5.56 Å². The van der Waals surface area contributed by atoms with Crippen molar-refractivity contribution in [1.29, 1.82) is 0 Å². The van der Waals surface area contributed by atoms with Gasteiger partial charge in [0.05, 0.1) is 10.9 Å². The van der Waals surface area contributed by atoms with E-state index in [4.69, 9.17) is 0 Å². The van der Waals surface area contributed by atoms with Crippen LogP contribution < -0.4 is 10.9 Å². The zero-order chi connectivity index (χ0) is 18.7. The third kappa shape index (κ3) is 3.54. The van der Waals surface area contributed by atoms with Gasteiger partial charge in [0, 0.05) is 17.7 Å². The maximum atomic E-state index is 12.7. The Morgan fingerprint density at radius 2 is 1.88 bits per heavy atom. The molecule has 0 unspecified atom stereocenters. The number of amides is 1. The van der Waals surface area contributed by atoms with E-state index in [0.29, 0.717) is 34.4 Å². The van der Waals surface area contributed by atoms with Crippen LogP contribution >= 0.6 is 0 Å². The van der Waals surface area contributed by atoms with Crippen LogP contribution in [0, 0.1) is 0 Å². The lowest BCUT2D eigenvalue weighted by atomic mass is 10.1. The number of fused-ring (bicyclic) bond motifs is 1. The second kappa shape index (κ2) is 7.31. The Morgan fingerprint density at radius 1 is 1.12 bits per heavy atom. The number of nitrogens with one attached hydrogen (secondary N) is 1.